The molecule has 3 rings (SSSR count). The Kier molecular flexibility index (Phi) is 4.68. The Bertz CT molecular complexity index is 677. The van der Waals surface area contributed by atoms with Crippen molar-refractivity contribution in [3.63, 3.8) is 0 Å². The molecule has 0 saturated heterocycles. The van der Waals surface area contributed by atoms with E-state index in [2.05, 4.69) is 72.8 Å². The number of unbranched alkanes of at least 4 members (excludes halogenated alkanes) is 2. The van der Waals surface area contributed by atoms with Crippen molar-refractivity contribution in [3.8, 4) is 0 Å². The zero-order valence-corrected chi connectivity index (χ0v) is 12.5. The van der Waals surface area contributed by atoms with Gasteiger partial charge in [-0.3, -0.25) is 0 Å². The molecule has 3 aromatic carbocycles. The number of aryl methyl sites for hydroxylation is 2. The summed E-state index contributed by atoms with van der Waals surface area (Å²) in [7, 11) is 0. The third-order valence-electron chi connectivity index (χ3n) is 4.13. The first-order valence-electron chi connectivity index (χ1n) is 7.94. The summed E-state index contributed by atoms with van der Waals surface area (Å²) in [5.74, 6) is 0. The SMILES string of the molecule is c1ccc(CCCCCc2cccc3ccccc23)cc1. The summed E-state index contributed by atoms with van der Waals surface area (Å²) >= 11 is 0. The molecular weight excluding hydrogens is 252 g/mol. The minimum absolute atomic E-state index is 1.19. The van der Waals surface area contributed by atoms with Crippen LogP contribution in [0.15, 0.2) is 72.8 Å². The van der Waals surface area contributed by atoms with E-state index in [4.69, 9.17) is 0 Å². The van der Waals surface area contributed by atoms with Crippen LogP contribution in [0.5, 0.6) is 0 Å². The Labute approximate surface area is 127 Å². The quantitative estimate of drug-likeness (QED) is 0.499. The van der Waals surface area contributed by atoms with Gasteiger partial charge in [0.1, 0.15) is 0 Å². The number of benzene rings is 3. The summed E-state index contributed by atoms with van der Waals surface area (Å²) in [6, 6.07) is 26.2. The summed E-state index contributed by atoms with van der Waals surface area (Å²) in [6.45, 7) is 0. The van der Waals surface area contributed by atoms with E-state index in [0.717, 1.165) is 0 Å². The molecule has 0 spiro atoms. The summed E-state index contributed by atoms with van der Waals surface area (Å²) in [4.78, 5) is 0. The number of rotatable bonds is 6. The lowest BCUT2D eigenvalue weighted by molar-refractivity contribution is 0.680. The van der Waals surface area contributed by atoms with Crippen LogP contribution in [-0.2, 0) is 12.8 Å². The first-order valence-corrected chi connectivity index (χ1v) is 7.94. The summed E-state index contributed by atoms with van der Waals surface area (Å²) in [6.07, 6.45) is 6.26. The fourth-order valence-electron chi connectivity index (χ4n) is 2.98. The number of hydrogen-bond acceptors (Lipinski definition) is 0. The van der Waals surface area contributed by atoms with Crippen molar-refractivity contribution >= 4 is 10.8 Å². The van der Waals surface area contributed by atoms with E-state index in [1.807, 2.05) is 0 Å². The molecule has 0 saturated carbocycles. The number of fused-ring (bicyclic) bond motifs is 1. The lowest BCUT2D eigenvalue weighted by Crippen LogP contribution is -1.90. The van der Waals surface area contributed by atoms with Crippen LogP contribution in [0.4, 0.5) is 0 Å². The molecule has 0 atom stereocenters. The third-order valence-corrected chi connectivity index (χ3v) is 4.13. The normalized spacial score (nSPS) is 10.9. The molecule has 0 heteroatoms. The molecule has 0 nitrogen and oxygen atoms in total. The van der Waals surface area contributed by atoms with E-state index in [1.165, 1.54) is 54.0 Å². The first kappa shape index (κ1) is 13.9. The minimum Gasteiger partial charge on any atom is -0.0622 e. The van der Waals surface area contributed by atoms with Gasteiger partial charge in [-0.15, -0.1) is 0 Å². The lowest BCUT2D eigenvalue weighted by atomic mass is 9.99. The molecule has 0 fully saturated rings. The van der Waals surface area contributed by atoms with Gasteiger partial charge in [-0.2, -0.15) is 0 Å². The average molecular weight is 274 g/mol. The summed E-state index contributed by atoms with van der Waals surface area (Å²) < 4.78 is 0. The molecule has 0 bridgehead atoms. The maximum atomic E-state index is 2.28. The molecule has 0 heterocycles. The van der Waals surface area contributed by atoms with Gasteiger partial charge in [0.15, 0.2) is 0 Å². The van der Waals surface area contributed by atoms with Crippen molar-refractivity contribution < 1.29 is 0 Å². The third kappa shape index (κ3) is 3.72. The maximum absolute atomic E-state index is 2.28. The monoisotopic (exact) mass is 274 g/mol. The van der Waals surface area contributed by atoms with Crippen molar-refractivity contribution in [2.75, 3.05) is 0 Å². The lowest BCUT2D eigenvalue weighted by Gasteiger charge is -2.06. The molecule has 0 aromatic heterocycles. The Morgan fingerprint density at radius 2 is 1.24 bits per heavy atom. The fourth-order valence-corrected chi connectivity index (χ4v) is 2.98. The molecule has 0 radical (unpaired) electrons. The minimum atomic E-state index is 1.19. The van der Waals surface area contributed by atoms with Gasteiger partial charge in [0.2, 0.25) is 0 Å². The summed E-state index contributed by atoms with van der Waals surface area (Å²) in [5.41, 5.74) is 2.95. The molecule has 0 aliphatic rings. The van der Waals surface area contributed by atoms with Gasteiger partial charge in [-0.25, -0.2) is 0 Å². The highest BCUT2D eigenvalue weighted by molar-refractivity contribution is 5.85. The predicted molar refractivity (Wildman–Crippen MR) is 91.6 cm³/mol. The van der Waals surface area contributed by atoms with Crippen LogP contribution in [0, 0.1) is 0 Å². The molecule has 0 aliphatic carbocycles. The van der Waals surface area contributed by atoms with E-state index in [9.17, 15) is 0 Å². The van der Waals surface area contributed by atoms with Crippen molar-refractivity contribution in [2.24, 2.45) is 0 Å². The zero-order valence-electron chi connectivity index (χ0n) is 12.5. The van der Waals surface area contributed by atoms with Crippen molar-refractivity contribution in [2.45, 2.75) is 32.1 Å². The average Bonchev–Trinajstić information content (AvgIpc) is 2.56. The van der Waals surface area contributed by atoms with Crippen LogP contribution in [0.3, 0.4) is 0 Å². The van der Waals surface area contributed by atoms with E-state index in [1.54, 1.807) is 0 Å². The molecule has 0 unspecified atom stereocenters. The standard InChI is InChI=1S/C21H22/c1-3-10-18(11-4-1)12-5-2-6-13-19-15-9-16-20-14-7-8-17-21(19)20/h1,3-4,7-11,14-17H,2,5-6,12-13H2. The van der Waals surface area contributed by atoms with Crippen LogP contribution >= 0.6 is 0 Å². The molecule has 3 aromatic rings. The van der Waals surface area contributed by atoms with Gasteiger partial charge in [-0.05, 0) is 47.6 Å². The largest absolute Gasteiger partial charge is 0.0622 e. The molecule has 106 valence electrons. The van der Waals surface area contributed by atoms with Crippen LogP contribution in [-0.4, -0.2) is 0 Å². The van der Waals surface area contributed by atoms with Gasteiger partial charge >= 0.3 is 0 Å². The van der Waals surface area contributed by atoms with Crippen LogP contribution in [0.1, 0.15) is 30.4 Å². The molecule has 0 N–H and O–H groups in total. The number of hydrogen-bond donors (Lipinski definition) is 0. The van der Waals surface area contributed by atoms with E-state index < -0.39 is 0 Å². The Balaban J connectivity index is 1.51. The van der Waals surface area contributed by atoms with Gasteiger partial charge in [-0.1, -0.05) is 79.2 Å². The zero-order chi connectivity index (χ0) is 14.3. The van der Waals surface area contributed by atoms with E-state index in [0.29, 0.717) is 0 Å². The second-order valence-corrected chi connectivity index (χ2v) is 5.68. The Morgan fingerprint density at radius 1 is 0.524 bits per heavy atom. The van der Waals surface area contributed by atoms with Crippen molar-refractivity contribution in [3.05, 3.63) is 83.9 Å². The second kappa shape index (κ2) is 7.08. The van der Waals surface area contributed by atoms with Gasteiger partial charge in [0.05, 0.1) is 0 Å². The summed E-state index contributed by atoms with van der Waals surface area (Å²) in [5, 5.41) is 2.78. The van der Waals surface area contributed by atoms with Crippen LogP contribution < -0.4 is 0 Å². The topological polar surface area (TPSA) is 0 Å². The van der Waals surface area contributed by atoms with Gasteiger partial charge in [0, 0.05) is 0 Å². The van der Waals surface area contributed by atoms with Crippen molar-refractivity contribution in [1.82, 2.24) is 0 Å². The first-order chi connectivity index (χ1) is 10.4. The molecule has 0 aliphatic heterocycles. The fraction of sp³-hybridized carbons (Fsp3) is 0.238. The van der Waals surface area contributed by atoms with E-state index >= 15 is 0 Å². The van der Waals surface area contributed by atoms with Crippen LogP contribution in [0.2, 0.25) is 0 Å². The van der Waals surface area contributed by atoms with Crippen molar-refractivity contribution in [1.29, 1.82) is 0 Å². The van der Waals surface area contributed by atoms with Crippen LogP contribution in [0.25, 0.3) is 10.8 Å². The molecule has 21 heavy (non-hydrogen) atoms. The Morgan fingerprint density at radius 3 is 2.14 bits per heavy atom. The molecule has 0 amide bonds. The highest BCUT2D eigenvalue weighted by atomic mass is 14.0. The highest BCUT2D eigenvalue weighted by Gasteiger charge is 2.00. The molecular formula is C21H22. The second-order valence-electron chi connectivity index (χ2n) is 5.68. The van der Waals surface area contributed by atoms with Gasteiger partial charge in [0.25, 0.3) is 0 Å². The van der Waals surface area contributed by atoms with E-state index in [-0.39, 0.29) is 0 Å². The maximum Gasteiger partial charge on any atom is -0.0152 e. The highest BCUT2D eigenvalue weighted by Crippen LogP contribution is 2.20. The smallest absolute Gasteiger partial charge is 0.0152 e. The Hall–Kier alpha value is -2.08. The predicted octanol–water partition coefficient (Wildman–Crippen LogP) is 5.80. The van der Waals surface area contributed by atoms with Gasteiger partial charge < -0.3 is 0 Å².